The topological polar surface area (TPSA) is 94.9 Å². The van der Waals surface area contributed by atoms with Crippen LogP contribution in [0.4, 0.5) is 9.18 Å². The number of thiophene rings is 1. The summed E-state index contributed by atoms with van der Waals surface area (Å²) in [7, 11) is -2.60. The van der Waals surface area contributed by atoms with E-state index in [1.165, 1.54) is 43.4 Å². The van der Waals surface area contributed by atoms with Gasteiger partial charge in [-0.2, -0.15) is 0 Å². The number of aliphatic hydroxyl groups is 1. The van der Waals surface area contributed by atoms with Crippen molar-refractivity contribution in [3.05, 3.63) is 70.9 Å². The second kappa shape index (κ2) is 8.32. The number of rotatable bonds is 6. The quantitative estimate of drug-likeness (QED) is 0.611. The predicted octanol–water partition coefficient (Wildman–Crippen LogP) is 3.99. The maximum Gasteiger partial charge on any atom is 0.407 e. The Kier molecular flexibility index (Phi) is 6.02. The molecule has 0 unspecified atom stereocenters. The monoisotopic (exact) mass is 435 g/mol. The standard InChI is InChI=1S/C20H18FNO5S2/c1-22(20(24)25)11-14-10-17(16-9-5-6-13(12-23)18(16)21)19(28-14)29(26,27)15-7-3-2-4-8-15/h2-10,23H,11-12H2,1H3,(H,24,25). The van der Waals surface area contributed by atoms with Crippen LogP contribution in [0.25, 0.3) is 11.1 Å². The molecule has 0 spiro atoms. The Bertz CT molecular complexity index is 1140. The fourth-order valence-electron chi connectivity index (χ4n) is 2.81. The summed E-state index contributed by atoms with van der Waals surface area (Å²) < 4.78 is 41.3. The van der Waals surface area contributed by atoms with E-state index in [1.807, 2.05) is 0 Å². The fraction of sp³-hybridized carbons (Fsp3) is 0.150. The van der Waals surface area contributed by atoms with Crippen LogP contribution in [0.15, 0.2) is 63.7 Å². The van der Waals surface area contributed by atoms with Gasteiger partial charge in [0.2, 0.25) is 9.84 Å². The molecule has 6 nitrogen and oxygen atoms in total. The summed E-state index contributed by atoms with van der Waals surface area (Å²) in [5.74, 6) is -0.713. The maximum absolute atomic E-state index is 14.9. The highest BCUT2D eigenvalue weighted by atomic mass is 32.2. The molecular formula is C20H18FNO5S2. The van der Waals surface area contributed by atoms with Gasteiger partial charge < -0.3 is 15.1 Å². The van der Waals surface area contributed by atoms with Crippen molar-refractivity contribution in [2.45, 2.75) is 22.3 Å². The van der Waals surface area contributed by atoms with Crippen LogP contribution in [-0.4, -0.2) is 36.7 Å². The summed E-state index contributed by atoms with van der Waals surface area (Å²) >= 11 is 0.902. The van der Waals surface area contributed by atoms with Gasteiger partial charge in [0.25, 0.3) is 0 Å². The molecule has 0 fully saturated rings. The minimum Gasteiger partial charge on any atom is -0.465 e. The highest BCUT2D eigenvalue weighted by molar-refractivity contribution is 7.93. The Hall–Kier alpha value is -2.75. The second-order valence-corrected chi connectivity index (χ2v) is 9.59. The maximum atomic E-state index is 14.9. The largest absolute Gasteiger partial charge is 0.465 e. The zero-order valence-electron chi connectivity index (χ0n) is 15.4. The van der Waals surface area contributed by atoms with Gasteiger partial charge in [-0.1, -0.05) is 36.4 Å². The van der Waals surface area contributed by atoms with E-state index in [1.54, 1.807) is 18.2 Å². The van der Waals surface area contributed by atoms with Crippen molar-refractivity contribution >= 4 is 27.3 Å². The van der Waals surface area contributed by atoms with E-state index in [4.69, 9.17) is 5.11 Å². The predicted molar refractivity (Wildman–Crippen MR) is 107 cm³/mol. The molecule has 0 saturated carbocycles. The molecule has 3 rings (SSSR count). The van der Waals surface area contributed by atoms with Crippen molar-refractivity contribution in [2.24, 2.45) is 0 Å². The number of sulfone groups is 1. The number of carboxylic acid groups (broad SMARTS) is 1. The van der Waals surface area contributed by atoms with Crippen LogP contribution in [-0.2, 0) is 23.0 Å². The van der Waals surface area contributed by atoms with Crippen molar-refractivity contribution < 1.29 is 27.8 Å². The molecule has 0 bridgehead atoms. The Morgan fingerprint density at radius 2 is 1.79 bits per heavy atom. The molecule has 1 heterocycles. The van der Waals surface area contributed by atoms with Gasteiger partial charge >= 0.3 is 6.09 Å². The van der Waals surface area contributed by atoms with Gasteiger partial charge in [-0.05, 0) is 18.2 Å². The van der Waals surface area contributed by atoms with Gasteiger partial charge in [-0.3, -0.25) is 0 Å². The van der Waals surface area contributed by atoms with Crippen LogP contribution in [0.5, 0.6) is 0 Å². The van der Waals surface area contributed by atoms with Gasteiger partial charge in [0.15, 0.2) is 0 Å². The molecule has 152 valence electrons. The molecule has 2 N–H and O–H groups in total. The average Bonchev–Trinajstić information content (AvgIpc) is 3.13. The Morgan fingerprint density at radius 1 is 1.10 bits per heavy atom. The van der Waals surface area contributed by atoms with E-state index in [2.05, 4.69) is 0 Å². The molecule has 0 saturated heterocycles. The minimum atomic E-state index is -3.97. The average molecular weight is 435 g/mol. The first-order valence-electron chi connectivity index (χ1n) is 8.51. The molecule has 0 aliphatic rings. The van der Waals surface area contributed by atoms with E-state index in [-0.39, 0.29) is 32.3 Å². The highest BCUT2D eigenvalue weighted by Gasteiger charge is 2.27. The molecule has 0 aliphatic carbocycles. The van der Waals surface area contributed by atoms with Crippen molar-refractivity contribution in [1.29, 1.82) is 0 Å². The van der Waals surface area contributed by atoms with Gasteiger partial charge in [0, 0.05) is 28.6 Å². The zero-order valence-corrected chi connectivity index (χ0v) is 17.0. The van der Waals surface area contributed by atoms with Crippen LogP contribution in [0.1, 0.15) is 10.4 Å². The fourth-order valence-corrected chi connectivity index (χ4v) is 6.00. The third-order valence-electron chi connectivity index (χ3n) is 4.31. The third kappa shape index (κ3) is 4.16. The Morgan fingerprint density at radius 3 is 2.41 bits per heavy atom. The van der Waals surface area contributed by atoms with Crippen molar-refractivity contribution in [2.75, 3.05) is 7.05 Å². The number of benzene rings is 2. The molecule has 1 amide bonds. The molecule has 2 aromatic carbocycles. The lowest BCUT2D eigenvalue weighted by Gasteiger charge is -2.10. The van der Waals surface area contributed by atoms with Crippen LogP contribution in [0, 0.1) is 5.82 Å². The molecule has 1 aromatic heterocycles. The lowest BCUT2D eigenvalue weighted by molar-refractivity contribution is 0.154. The van der Waals surface area contributed by atoms with E-state index in [0.29, 0.717) is 4.88 Å². The molecule has 3 aromatic rings. The Balaban J connectivity index is 2.22. The summed E-state index contributed by atoms with van der Waals surface area (Å²) in [6.07, 6.45) is -1.17. The number of carbonyl (C=O) groups is 1. The zero-order chi connectivity index (χ0) is 21.2. The summed E-state index contributed by atoms with van der Waals surface area (Å²) in [5.41, 5.74) is 0.216. The smallest absolute Gasteiger partial charge is 0.407 e. The van der Waals surface area contributed by atoms with E-state index in [0.717, 1.165) is 16.2 Å². The number of hydrogen-bond donors (Lipinski definition) is 2. The highest BCUT2D eigenvalue weighted by Crippen LogP contribution is 2.40. The van der Waals surface area contributed by atoms with Crippen molar-refractivity contribution in [3.8, 4) is 11.1 Å². The number of amides is 1. The lowest BCUT2D eigenvalue weighted by atomic mass is 10.0. The van der Waals surface area contributed by atoms with E-state index < -0.39 is 28.4 Å². The first kappa shape index (κ1) is 21.0. The molecule has 29 heavy (non-hydrogen) atoms. The van der Waals surface area contributed by atoms with E-state index >= 15 is 0 Å². The number of aliphatic hydroxyl groups excluding tert-OH is 1. The second-order valence-electron chi connectivity index (χ2n) is 6.31. The number of hydrogen-bond acceptors (Lipinski definition) is 5. The van der Waals surface area contributed by atoms with Crippen LogP contribution < -0.4 is 0 Å². The molecule has 0 aliphatic heterocycles. The molecule has 0 radical (unpaired) electrons. The van der Waals surface area contributed by atoms with Crippen LogP contribution in [0.3, 0.4) is 0 Å². The number of halogens is 1. The summed E-state index contributed by atoms with van der Waals surface area (Å²) in [6, 6.07) is 13.6. The van der Waals surface area contributed by atoms with Crippen molar-refractivity contribution in [1.82, 2.24) is 4.90 Å². The first-order valence-corrected chi connectivity index (χ1v) is 10.8. The van der Waals surface area contributed by atoms with E-state index in [9.17, 15) is 22.7 Å². The first-order chi connectivity index (χ1) is 13.8. The molecule has 9 heteroatoms. The minimum absolute atomic E-state index is 0.0338. The van der Waals surface area contributed by atoms with Crippen LogP contribution in [0.2, 0.25) is 0 Å². The Labute approximate surface area is 171 Å². The third-order valence-corrected chi connectivity index (χ3v) is 7.73. The van der Waals surface area contributed by atoms with Gasteiger partial charge in [0.1, 0.15) is 10.0 Å². The normalized spacial score (nSPS) is 11.4. The van der Waals surface area contributed by atoms with Gasteiger partial charge in [0.05, 0.1) is 18.0 Å². The molecule has 0 atom stereocenters. The summed E-state index contributed by atoms with van der Waals surface area (Å²) in [5, 5.41) is 18.5. The van der Waals surface area contributed by atoms with Crippen LogP contribution >= 0.6 is 11.3 Å². The van der Waals surface area contributed by atoms with Crippen molar-refractivity contribution in [3.63, 3.8) is 0 Å². The van der Waals surface area contributed by atoms with Gasteiger partial charge in [-0.15, -0.1) is 11.3 Å². The summed E-state index contributed by atoms with van der Waals surface area (Å²) in [6.45, 7) is -0.572. The lowest BCUT2D eigenvalue weighted by Crippen LogP contribution is -2.23. The summed E-state index contributed by atoms with van der Waals surface area (Å²) in [4.78, 5) is 12.7. The van der Waals surface area contributed by atoms with Gasteiger partial charge in [-0.25, -0.2) is 17.6 Å². The molecular weight excluding hydrogens is 417 g/mol. The SMILES string of the molecule is CN(Cc1cc(-c2cccc(CO)c2F)c(S(=O)(=O)c2ccccc2)s1)C(=O)O. The number of nitrogens with zero attached hydrogens (tertiary/aromatic N) is 1.